The van der Waals surface area contributed by atoms with Crippen LogP contribution in [0.2, 0.25) is 0 Å². The normalized spacial score (nSPS) is 10.9. The van der Waals surface area contributed by atoms with Crippen LogP contribution >= 0.6 is 0 Å². The molecule has 0 radical (unpaired) electrons. The number of hydrogen-bond acceptors (Lipinski definition) is 3. The number of ether oxygens (including phenoxy) is 1. The van der Waals surface area contributed by atoms with Crippen molar-refractivity contribution in [3.63, 3.8) is 0 Å². The van der Waals surface area contributed by atoms with Crippen LogP contribution in [0.15, 0.2) is 0 Å². The first-order valence-corrected chi connectivity index (χ1v) is 6.63. The highest BCUT2D eigenvalue weighted by Gasteiger charge is 2.24. The van der Waals surface area contributed by atoms with Crippen molar-refractivity contribution in [2.45, 2.75) is 47.0 Å². The lowest BCUT2D eigenvalue weighted by molar-refractivity contribution is -0.129. The molecule has 0 aliphatic carbocycles. The summed E-state index contributed by atoms with van der Waals surface area (Å²) in [7, 11) is 0. The van der Waals surface area contributed by atoms with Gasteiger partial charge in [-0.2, -0.15) is 0 Å². The molecule has 106 valence electrons. The average Bonchev–Trinajstić information content (AvgIpc) is 2.34. The van der Waals surface area contributed by atoms with E-state index < -0.39 is 6.09 Å². The summed E-state index contributed by atoms with van der Waals surface area (Å²) in [5.74, 6) is 0.00569. The fourth-order valence-corrected chi connectivity index (χ4v) is 1.10. The Bertz CT molecular complexity index is 265. The van der Waals surface area contributed by atoms with Crippen molar-refractivity contribution in [1.29, 1.82) is 0 Å². The van der Waals surface area contributed by atoms with E-state index in [2.05, 4.69) is 10.6 Å². The molecule has 0 atom stereocenters. The van der Waals surface area contributed by atoms with Crippen LogP contribution in [0.25, 0.3) is 0 Å². The summed E-state index contributed by atoms with van der Waals surface area (Å²) >= 11 is 0. The molecule has 0 aromatic rings. The summed E-state index contributed by atoms with van der Waals surface area (Å²) in [5, 5.41) is 5.38. The lowest BCUT2D eigenvalue weighted by Crippen LogP contribution is -2.41. The van der Waals surface area contributed by atoms with E-state index in [-0.39, 0.29) is 11.3 Å². The van der Waals surface area contributed by atoms with E-state index in [1.54, 1.807) is 0 Å². The van der Waals surface area contributed by atoms with Gasteiger partial charge in [-0.25, -0.2) is 4.79 Å². The van der Waals surface area contributed by atoms with E-state index in [1.807, 2.05) is 27.7 Å². The third-order valence-corrected chi connectivity index (χ3v) is 2.91. The van der Waals surface area contributed by atoms with Crippen LogP contribution in [0.5, 0.6) is 0 Å². The molecule has 0 aromatic carbocycles. The Balaban J connectivity index is 3.62. The van der Waals surface area contributed by atoms with Crippen LogP contribution in [-0.2, 0) is 9.53 Å². The third-order valence-electron chi connectivity index (χ3n) is 2.91. The van der Waals surface area contributed by atoms with Gasteiger partial charge in [-0.3, -0.25) is 4.79 Å². The van der Waals surface area contributed by atoms with E-state index >= 15 is 0 Å². The standard InChI is InChI=1S/C13H26N2O3/c1-5-7-10-18-12(17)15-9-8-14-11(16)13(3,4)6-2/h5-10H2,1-4H3,(H,14,16)(H,15,17). The third kappa shape index (κ3) is 7.14. The highest BCUT2D eigenvalue weighted by molar-refractivity contribution is 5.81. The minimum atomic E-state index is -0.424. The molecule has 0 fully saturated rings. The second-order valence-electron chi connectivity index (χ2n) is 4.91. The minimum Gasteiger partial charge on any atom is -0.450 e. The molecule has 0 aromatic heterocycles. The van der Waals surface area contributed by atoms with Crippen LogP contribution in [0.3, 0.4) is 0 Å². The molecule has 0 aliphatic heterocycles. The number of unbranched alkanes of at least 4 members (excludes halogenated alkanes) is 1. The van der Waals surface area contributed by atoms with Crippen molar-refractivity contribution >= 4 is 12.0 Å². The maximum absolute atomic E-state index is 11.7. The fourth-order valence-electron chi connectivity index (χ4n) is 1.10. The second kappa shape index (κ2) is 8.78. The highest BCUT2D eigenvalue weighted by Crippen LogP contribution is 2.18. The summed E-state index contributed by atoms with van der Waals surface area (Å²) in [6.45, 7) is 9.05. The smallest absolute Gasteiger partial charge is 0.407 e. The van der Waals surface area contributed by atoms with Gasteiger partial charge in [0.2, 0.25) is 5.91 Å². The number of carbonyl (C=O) groups excluding carboxylic acids is 2. The van der Waals surface area contributed by atoms with Gasteiger partial charge in [-0.05, 0) is 12.8 Å². The predicted molar refractivity (Wildman–Crippen MR) is 71.3 cm³/mol. The average molecular weight is 258 g/mol. The van der Waals surface area contributed by atoms with Crippen LogP contribution in [0, 0.1) is 5.41 Å². The van der Waals surface area contributed by atoms with Crippen molar-refractivity contribution in [2.75, 3.05) is 19.7 Å². The van der Waals surface area contributed by atoms with Gasteiger partial charge in [0, 0.05) is 18.5 Å². The monoisotopic (exact) mass is 258 g/mol. The Morgan fingerprint density at radius 3 is 2.28 bits per heavy atom. The number of amides is 2. The Kier molecular flexibility index (Phi) is 8.16. The summed E-state index contributed by atoms with van der Waals surface area (Å²) in [5.41, 5.74) is -0.359. The molecule has 0 aliphatic rings. The topological polar surface area (TPSA) is 67.4 Å². The van der Waals surface area contributed by atoms with Crippen molar-refractivity contribution in [3.8, 4) is 0 Å². The molecule has 0 bridgehead atoms. The molecular weight excluding hydrogens is 232 g/mol. The largest absolute Gasteiger partial charge is 0.450 e. The van der Waals surface area contributed by atoms with E-state index in [1.165, 1.54) is 0 Å². The molecule has 5 nitrogen and oxygen atoms in total. The number of alkyl carbamates (subject to hydrolysis) is 1. The first kappa shape index (κ1) is 16.7. The molecule has 0 saturated heterocycles. The van der Waals surface area contributed by atoms with Gasteiger partial charge in [-0.15, -0.1) is 0 Å². The van der Waals surface area contributed by atoms with Gasteiger partial charge >= 0.3 is 6.09 Å². The molecular formula is C13H26N2O3. The van der Waals surface area contributed by atoms with Gasteiger partial charge in [0.15, 0.2) is 0 Å². The maximum Gasteiger partial charge on any atom is 0.407 e. The zero-order chi connectivity index (χ0) is 14.0. The Labute approximate surface area is 110 Å². The van der Waals surface area contributed by atoms with Gasteiger partial charge in [0.05, 0.1) is 6.61 Å². The minimum absolute atomic E-state index is 0.00569. The summed E-state index contributed by atoms with van der Waals surface area (Å²) < 4.78 is 4.92. The molecule has 2 amide bonds. The van der Waals surface area contributed by atoms with Crippen molar-refractivity contribution in [2.24, 2.45) is 5.41 Å². The van der Waals surface area contributed by atoms with Gasteiger partial charge < -0.3 is 15.4 Å². The lowest BCUT2D eigenvalue weighted by atomic mass is 9.89. The van der Waals surface area contributed by atoms with E-state index in [0.717, 1.165) is 19.3 Å². The molecule has 2 N–H and O–H groups in total. The zero-order valence-electron chi connectivity index (χ0n) is 12.0. The van der Waals surface area contributed by atoms with Crippen LogP contribution in [0.4, 0.5) is 4.79 Å². The molecule has 0 rings (SSSR count). The zero-order valence-corrected chi connectivity index (χ0v) is 12.0. The molecule has 0 heterocycles. The van der Waals surface area contributed by atoms with Crippen molar-refractivity contribution in [1.82, 2.24) is 10.6 Å². The summed E-state index contributed by atoms with van der Waals surface area (Å²) in [4.78, 5) is 22.9. The molecule has 18 heavy (non-hydrogen) atoms. The van der Waals surface area contributed by atoms with Gasteiger partial charge in [0.1, 0.15) is 0 Å². The summed E-state index contributed by atoms with van der Waals surface area (Å²) in [6.07, 6.45) is 2.22. The van der Waals surface area contributed by atoms with E-state index in [0.29, 0.717) is 19.7 Å². The molecule has 0 saturated carbocycles. The molecule has 0 unspecified atom stereocenters. The first-order chi connectivity index (χ1) is 8.44. The van der Waals surface area contributed by atoms with Crippen LogP contribution in [-0.4, -0.2) is 31.7 Å². The Hall–Kier alpha value is -1.26. The quantitative estimate of drug-likeness (QED) is 0.655. The van der Waals surface area contributed by atoms with Crippen molar-refractivity contribution < 1.29 is 14.3 Å². The Morgan fingerprint density at radius 1 is 1.11 bits per heavy atom. The number of nitrogens with one attached hydrogen (secondary N) is 2. The van der Waals surface area contributed by atoms with E-state index in [4.69, 9.17) is 4.74 Å². The second-order valence-corrected chi connectivity index (χ2v) is 4.91. The number of carbonyl (C=O) groups is 2. The fraction of sp³-hybridized carbons (Fsp3) is 0.846. The van der Waals surface area contributed by atoms with Gasteiger partial charge in [-0.1, -0.05) is 34.1 Å². The number of hydrogen-bond donors (Lipinski definition) is 2. The predicted octanol–water partition coefficient (Wildman–Crippen LogP) is 2.07. The molecule has 5 heteroatoms. The van der Waals surface area contributed by atoms with Crippen LogP contribution < -0.4 is 10.6 Å². The van der Waals surface area contributed by atoms with Gasteiger partial charge in [0.25, 0.3) is 0 Å². The lowest BCUT2D eigenvalue weighted by Gasteiger charge is -2.21. The summed E-state index contributed by atoms with van der Waals surface area (Å²) in [6, 6.07) is 0. The Morgan fingerprint density at radius 2 is 1.72 bits per heavy atom. The number of rotatable bonds is 8. The SMILES string of the molecule is CCCCOC(=O)NCCNC(=O)C(C)(C)CC. The first-order valence-electron chi connectivity index (χ1n) is 6.63. The van der Waals surface area contributed by atoms with E-state index in [9.17, 15) is 9.59 Å². The van der Waals surface area contributed by atoms with Crippen molar-refractivity contribution in [3.05, 3.63) is 0 Å². The van der Waals surface area contributed by atoms with Crippen LogP contribution in [0.1, 0.15) is 47.0 Å². The molecule has 0 spiro atoms. The highest BCUT2D eigenvalue weighted by atomic mass is 16.5. The maximum atomic E-state index is 11.7.